The molecule has 2 heterocycles. The van der Waals surface area contributed by atoms with E-state index >= 15 is 0 Å². The van der Waals surface area contributed by atoms with Crippen LogP contribution in [0, 0.1) is 5.92 Å². The lowest BCUT2D eigenvalue weighted by Crippen LogP contribution is -2.47. The van der Waals surface area contributed by atoms with E-state index < -0.39 is 10.0 Å². The molecule has 1 spiro atoms. The molecule has 126 valence electrons. The van der Waals surface area contributed by atoms with E-state index in [2.05, 4.69) is 5.32 Å². The molecule has 22 heavy (non-hydrogen) atoms. The first-order chi connectivity index (χ1) is 10.4. The summed E-state index contributed by atoms with van der Waals surface area (Å²) < 4.78 is 31.1. The molecule has 1 N–H and O–H groups in total. The van der Waals surface area contributed by atoms with Crippen LogP contribution in [0.5, 0.6) is 0 Å². The van der Waals surface area contributed by atoms with Crippen LogP contribution in [0.25, 0.3) is 0 Å². The van der Waals surface area contributed by atoms with Crippen molar-refractivity contribution < 1.29 is 17.9 Å². The smallest absolute Gasteiger partial charge is 0.220 e. The quantitative estimate of drug-likeness (QED) is 0.812. The molecule has 2 aliphatic heterocycles. The van der Waals surface area contributed by atoms with E-state index in [4.69, 9.17) is 4.74 Å². The van der Waals surface area contributed by atoms with Crippen LogP contribution in [0.2, 0.25) is 0 Å². The van der Waals surface area contributed by atoms with Crippen molar-refractivity contribution in [2.45, 2.75) is 56.7 Å². The van der Waals surface area contributed by atoms with Crippen molar-refractivity contribution >= 4 is 15.9 Å². The Morgan fingerprint density at radius 3 is 2.73 bits per heavy atom. The van der Waals surface area contributed by atoms with Crippen molar-refractivity contribution in [2.75, 3.05) is 25.9 Å². The molecule has 1 amide bonds. The Hall–Kier alpha value is -0.660. The summed E-state index contributed by atoms with van der Waals surface area (Å²) in [7, 11) is -3.14. The average molecular weight is 330 g/mol. The van der Waals surface area contributed by atoms with E-state index in [0.29, 0.717) is 32.0 Å². The lowest BCUT2D eigenvalue weighted by atomic mass is 9.90. The molecule has 7 heteroatoms. The van der Waals surface area contributed by atoms with Gasteiger partial charge in [-0.25, -0.2) is 8.42 Å². The summed E-state index contributed by atoms with van der Waals surface area (Å²) in [6.45, 7) is 1.55. The minimum absolute atomic E-state index is 0.0106. The molecule has 0 aromatic rings. The summed E-state index contributed by atoms with van der Waals surface area (Å²) in [6.07, 6.45) is 7.89. The summed E-state index contributed by atoms with van der Waals surface area (Å²) in [5.41, 5.74) is -0.340. The zero-order chi connectivity index (χ0) is 15.8. The second-order valence-electron chi connectivity index (χ2n) is 7.11. The largest absolute Gasteiger partial charge is 0.369 e. The van der Waals surface area contributed by atoms with Gasteiger partial charge in [0.2, 0.25) is 15.9 Å². The summed E-state index contributed by atoms with van der Waals surface area (Å²) in [5.74, 6) is 0.715. The Balaban J connectivity index is 1.50. The van der Waals surface area contributed by atoms with Gasteiger partial charge in [-0.2, -0.15) is 4.31 Å². The van der Waals surface area contributed by atoms with Crippen LogP contribution in [0.1, 0.15) is 44.9 Å². The third-order valence-corrected chi connectivity index (χ3v) is 6.27. The Kier molecular flexibility index (Phi) is 4.49. The average Bonchev–Trinajstić information content (AvgIpc) is 3.16. The third-order valence-electron chi connectivity index (χ3n) is 5.02. The molecule has 6 nitrogen and oxygen atoms in total. The molecule has 0 bridgehead atoms. The number of sulfonamides is 1. The van der Waals surface area contributed by atoms with Gasteiger partial charge in [-0.3, -0.25) is 4.79 Å². The fourth-order valence-corrected chi connectivity index (χ4v) is 4.44. The Morgan fingerprint density at radius 1 is 1.32 bits per heavy atom. The topological polar surface area (TPSA) is 75.7 Å². The van der Waals surface area contributed by atoms with Crippen LogP contribution in [-0.2, 0) is 19.6 Å². The number of nitrogens with one attached hydrogen (secondary N) is 1. The van der Waals surface area contributed by atoms with Crippen LogP contribution in [0.3, 0.4) is 0 Å². The van der Waals surface area contributed by atoms with Crippen molar-refractivity contribution in [1.82, 2.24) is 9.62 Å². The first-order valence-corrected chi connectivity index (χ1v) is 10.1. The Bertz CT molecular complexity index is 532. The third kappa shape index (κ3) is 4.00. The molecule has 0 unspecified atom stereocenters. The van der Waals surface area contributed by atoms with E-state index in [1.54, 1.807) is 0 Å². The molecule has 1 aliphatic carbocycles. The second kappa shape index (κ2) is 6.09. The minimum Gasteiger partial charge on any atom is -0.369 e. The number of hydrogen-bond donors (Lipinski definition) is 1. The van der Waals surface area contributed by atoms with Gasteiger partial charge in [-0.1, -0.05) is 0 Å². The molecule has 0 radical (unpaired) electrons. The van der Waals surface area contributed by atoms with Gasteiger partial charge in [-0.05, 0) is 44.4 Å². The monoisotopic (exact) mass is 330 g/mol. The van der Waals surface area contributed by atoms with E-state index in [1.807, 2.05) is 0 Å². The van der Waals surface area contributed by atoms with Crippen LogP contribution in [0.15, 0.2) is 0 Å². The number of nitrogens with zero attached hydrogens (tertiary/aromatic N) is 1. The number of amides is 1. The maximum absolute atomic E-state index is 11.8. The van der Waals surface area contributed by atoms with Gasteiger partial charge in [0.1, 0.15) is 0 Å². The molecule has 3 aliphatic rings. The van der Waals surface area contributed by atoms with E-state index in [-0.39, 0.29) is 17.6 Å². The van der Waals surface area contributed by atoms with Gasteiger partial charge in [-0.15, -0.1) is 0 Å². The van der Waals surface area contributed by atoms with Crippen LogP contribution >= 0.6 is 0 Å². The number of carbonyl (C=O) groups excluding carboxylic acids is 1. The molecule has 0 aromatic heterocycles. The number of carbonyl (C=O) groups is 1. The molecule has 0 aromatic carbocycles. The number of hydrogen-bond acceptors (Lipinski definition) is 4. The van der Waals surface area contributed by atoms with Gasteiger partial charge in [0.05, 0.1) is 18.0 Å². The summed E-state index contributed by atoms with van der Waals surface area (Å²) in [5, 5.41) is 2.98. The second-order valence-corrected chi connectivity index (χ2v) is 9.10. The SMILES string of the molecule is CS(=O)(=O)N1CC[C@]2(CCC[C@H](CNC(=O)CC3CC3)O2)C1. The minimum atomic E-state index is -3.14. The standard InChI is InChI=1S/C15H26N2O4S/c1-22(19,20)17-8-7-15(11-17)6-2-3-13(21-15)10-16-14(18)9-12-4-5-12/h12-13H,2-11H2,1H3,(H,16,18)/t13-,15-/m1/s1. The summed E-state index contributed by atoms with van der Waals surface area (Å²) in [4.78, 5) is 11.8. The van der Waals surface area contributed by atoms with Gasteiger partial charge in [0.15, 0.2) is 0 Å². The Morgan fingerprint density at radius 2 is 2.09 bits per heavy atom. The highest BCUT2D eigenvalue weighted by Crippen LogP contribution is 2.37. The number of ether oxygens (including phenoxy) is 1. The van der Waals surface area contributed by atoms with Crippen molar-refractivity contribution in [3.8, 4) is 0 Å². The van der Waals surface area contributed by atoms with E-state index in [9.17, 15) is 13.2 Å². The predicted octanol–water partition coefficient (Wildman–Crippen LogP) is 0.876. The molecule has 1 saturated carbocycles. The van der Waals surface area contributed by atoms with Crippen LogP contribution in [-0.4, -0.2) is 56.2 Å². The van der Waals surface area contributed by atoms with Crippen LogP contribution < -0.4 is 5.32 Å². The Labute approximate surface area is 132 Å². The molecule has 2 saturated heterocycles. The maximum atomic E-state index is 11.8. The van der Waals surface area contributed by atoms with Gasteiger partial charge in [0, 0.05) is 26.1 Å². The molecule has 3 fully saturated rings. The zero-order valence-corrected chi connectivity index (χ0v) is 14.0. The highest BCUT2D eigenvalue weighted by molar-refractivity contribution is 7.88. The van der Waals surface area contributed by atoms with Crippen molar-refractivity contribution in [3.05, 3.63) is 0 Å². The van der Waals surface area contributed by atoms with Crippen molar-refractivity contribution in [2.24, 2.45) is 5.92 Å². The predicted molar refractivity (Wildman–Crippen MR) is 82.8 cm³/mol. The molecular weight excluding hydrogens is 304 g/mol. The van der Waals surface area contributed by atoms with E-state index in [1.165, 1.54) is 23.4 Å². The van der Waals surface area contributed by atoms with Gasteiger partial charge < -0.3 is 10.1 Å². The fourth-order valence-electron chi connectivity index (χ4n) is 3.54. The fraction of sp³-hybridized carbons (Fsp3) is 0.933. The van der Waals surface area contributed by atoms with Gasteiger partial charge in [0.25, 0.3) is 0 Å². The molecular formula is C15H26N2O4S. The molecule has 2 atom stereocenters. The highest BCUT2D eigenvalue weighted by Gasteiger charge is 2.45. The van der Waals surface area contributed by atoms with Crippen molar-refractivity contribution in [3.63, 3.8) is 0 Å². The van der Waals surface area contributed by atoms with Gasteiger partial charge >= 0.3 is 0 Å². The lowest BCUT2D eigenvalue weighted by molar-refractivity contribution is -0.129. The molecule has 3 rings (SSSR count). The lowest BCUT2D eigenvalue weighted by Gasteiger charge is -2.38. The number of rotatable bonds is 5. The maximum Gasteiger partial charge on any atom is 0.220 e. The van der Waals surface area contributed by atoms with Crippen molar-refractivity contribution in [1.29, 1.82) is 0 Å². The summed E-state index contributed by atoms with van der Waals surface area (Å²) >= 11 is 0. The van der Waals surface area contributed by atoms with Crippen LogP contribution in [0.4, 0.5) is 0 Å². The summed E-state index contributed by atoms with van der Waals surface area (Å²) in [6, 6.07) is 0. The first kappa shape index (κ1) is 16.2. The van der Waals surface area contributed by atoms with E-state index in [0.717, 1.165) is 25.7 Å². The zero-order valence-electron chi connectivity index (χ0n) is 13.2. The highest BCUT2D eigenvalue weighted by atomic mass is 32.2. The first-order valence-electron chi connectivity index (χ1n) is 8.26. The normalized spacial score (nSPS) is 33.2.